The first-order valence-electron chi connectivity index (χ1n) is 7.60. The van der Waals surface area contributed by atoms with Gasteiger partial charge in [-0.3, -0.25) is 9.69 Å². The molecule has 0 radical (unpaired) electrons. The molecular weight excluding hydrogens is 270 g/mol. The molecule has 3 atom stereocenters. The summed E-state index contributed by atoms with van der Waals surface area (Å²) < 4.78 is 0. The number of carboxylic acid groups (broad SMARTS) is 1. The summed E-state index contributed by atoms with van der Waals surface area (Å²) in [6.07, 6.45) is 5.77. The maximum atomic E-state index is 11.6. The molecule has 20 heavy (non-hydrogen) atoms. The van der Waals surface area contributed by atoms with Gasteiger partial charge in [0.05, 0.1) is 0 Å². The topological polar surface area (TPSA) is 40.5 Å². The lowest BCUT2D eigenvalue weighted by atomic mass is 9.84. The molecule has 3 nitrogen and oxygen atoms in total. The SMILES string of the molecule is Cc1cc(CN2C(C(=O)O)CC3CCCCC32)c(C)s1. The van der Waals surface area contributed by atoms with Crippen LogP contribution in [0.5, 0.6) is 0 Å². The number of rotatable bonds is 3. The first-order chi connectivity index (χ1) is 9.56. The number of carboxylic acids is 1. The van der Waals surface area contributed by atoms with Gasteiger partial charge in [-0.05, 0) is 50.7 Å². The summed E-state index contributed by atoms with van der Waals surface area (Å²) >= 11 is 1.82. The van der Waals surface area contributed by atoms with Gasteiger partial charge < -0.3 is 5.11 Å². The molecule has 3 unspecified atom stereocenters. The average molecular weight is 293 g/mol. The zero-order chi connectivity index (χ0) is 14.3. The summed E-state index contributed by atoms with van der Waals surface area (Å²) in [7, 11) is 0. The molecule has 1 aliphatic heterocycles. The first-order valence-corrected chi connectivity index (χ1v) is 8.42. The van der Waals surface area contributed by atoms with Crippen LogP contribution in [0.25, 0.3) is 0 Å². The third-order valence-corrected chi connectivity index (χ3v) is 6.01. The molecule has 1 aliphatic carbocycles. The second kappa shape index (κ2) is 5.49. The van der Waals surface area contributed by atoms with Crippen LogP contribution in [0, 0.1) is 19.8 Å². The number of aryl methyl sites for hydroxylation is 2. The lowest BCUT2D eigenvalue weighted by Gasteiger charge is -2.33. The molecule has 0 spiro atoms. The number of likely N-dealkylation sites (tertiary alicyclic amines) is 1. The Morgan fingerprint density at radius 1 is 1.40 bits per heavy atom. The molecule has 2 heterocycles. The zero-order valence-corrected chi connectivity index (χ0v) is 13.1. The second-order valence-electron chi connectivity index (χ2n) is 6.31. The van der Waals surface area contributed by atoms with Gasteiger partial charge in [-0.15, -0.1) is 11.3 Å². The first kappa shape index (κ1) is 14.1. The molecule has 2 fully saturated rings. The van der Waals surface area contributed by atoms with Gasteiger partial charge in [0.25, 0.3) is 0 Å². The van der Waals surface area contributed by atoms with E-state index >= 15 is 0 Å². The van der Waals surface area contributed by atoms with Crippen molar-refractivity contribution in [3.8, 4) is 0 Å². The van der Waals surface area contributed by atoms with Gasteiger partial charge in [0, 0.05) is 22.3 Å². The van der Waals surface area contributed by atoms with Crippen molar-refractivity contribution in [3.05, 3.63) is 21.4 Å². The second-order valence-corrected chi connectivity index (χ2v) is 7.77. The van der Waals surface area contributed by atoms with E-state index in [9.17, 15) is 9.90 Å². The minimum absolute atomic E-state index is 0.275. The minimum Gasteiger partial charge on any atom is -0.480 e. The van der Waals surface area contributed by atoms with Crippen LogP contribution in [0.2, 0.25) is 0 Å². The summed E-state index contributed by atoms with van der Waals surface area (Å²) in [5.74, 6) is -0.0334. The average Bonchev–Trinajstić information content (AvgIpc) is 2.91. The van der Waals surface area contributed by atoms with Crippen LogP contribution < -0.4 is 0 Å². The Morgan fingerprint density at radius 2 is 2.15 bits per heavy atom. The van der Waals surface area contributed by atoms with Gasteiger partial charge in [-0.1, -0.05) is 12.8 Å². The van der Waals surface area contributed by atoms with Crippen LogP contribution in [-0.4, -0.2) is 28.1 Å². The van der Waals surface area contributed by atoms with Crippen molar-refractivity contribution in [2.45, 2.75) is 64.6 Å². The molecule has 110 valence electrons. The zero-order valence-electron chi connectivity index (χ0n) is 12.3. The van der Waals surface area contributed by atoms with Crippen molar-refractivity contribution in [3.63, 3.8) is 0 Å². The van der Waals surface area contributed by atoms with Crippen molar-refractivity contribution < 1.29 is 9.90 Å². The molecule has 0 aromatic carbocycles. The van der Waals surface area contributed by atoms with E-state index < -0.39 is 5.97 Å². The van der Waals surface area contributed by atoms with E-state index in [1.165, 1.54) is 41.0 Å². The van der Waals surface area contributed by atoms with Crippen LogP contribution in [0.3, 0.4) is 0 Å². The highest BCUT2D eigenvalue weighted by Crippen LogP contribution is 2.41. The van der Waals surface area contributed by atoms with E-state index in [2.05, 4.69) is 24.8 Å². The summed E-state index contributed by atoms with van der Waals surface area (Å²) in [5, 5.41) is 9.54. The lowest BCUT2D eigenvalue weighted by molar-refractivity contribution is -0.142. The highest BCUT2D eigenvalue weighted by atomic mass is 32.1. The van der Waals surface area contributed by atoms with E-state index in [0.717, 1.165) is 13.0 Å². The van der Waals surface area contributed by atoms with Crippen LogP contribution in [0.4, 0.5) is 0 Å². The Hall–Kier alpha value is -0.870. The van der Waals surface area contributed by atoms with E-state index in [1.54, 1.807) is 0 Å². The van der Waals surface area contributed by atoms with E-state index in [4.69, 9.17) is 0 Å². The molecule has 3 rings (SSSR count). The fourth-order valence-corrected chi connectivity index (χ4v) is 5.00. The van der Waals surface area contributed by atoms with Crippen LogP contribution in [0.1, 0.15) is 47.4 Å². The largest absolute Gasteiger partial charge is 0.480 e. The van der Waals surface area contributed by atoms with Gasteiger partial charge in [-0.2, -0.15) is 0 Å². The summed E-state index contributed by atoms with van der Waals surface area (Å²) in [5.41, 5.74) is 1.32. The van der Waals surface area contributed by atoms with Gasteiger partial charge in [-0.25, -0.2) is 0 Å². The van der Waals surface area contributed by atoms with Crippen molar-refractivity contribution in [1.29, 1.82) is 0 Å². The van der Waals surface area contributed by atoms with Gasteiger partial charge in [0.1, 0.15) is 6.04 Å². The standard InChI is InChI=1S/C16H23NO2S/c1-10-7-13(11(2)20-10)9-17-14-6-4-3-5-12(14)8-15(17)16(18)19/h7,12,14-15H,3-6,8-9H2,1-2H3,(H,18,19). The molecule has 4 heteroatoms. The Kier molecular flexibility index (Phi) is 3.87. The molecular formula is C16H23NO2S. The molecule has 1 aromatic rings. The maximum Gasteiger partial charge on any atom is 0.320 e. The van der Waals surface area contributed by atoms with Gasteiger partial charge in [0.2, 0.25) is 0 Å². The number of aliphatic carboxylic acids is 1. The molecule has 1 aromatic heterocycles. The molecule has 2 aliphatic rings. The third-order valence-electron chi connectivity index (χ3n) is 5.00. The predicted octanol–water partition coefficient (Wildman–Crippen LogP) is 3.58. The van der Waals surface area contributed by atoms with Crippen molar-refractivity contribution in [2.75, 3.05) is 0 Å². The highest BCUT2D eigenvalue weighted by molar-refractivity contribution is 7.12. The van der Waals surface area contributed by atoms with Crippen LogP contribution >= 0.6 is 11.3 Å². The summed E-state index contributed by atoms with van der Waals surface area (Å²) in [6, 6.07) is 2.45. The number of carbonyl (C=O) groups is 1. The van der Waals surface area contributed by atoms with Crippen molar-refractivity contribution in [1.82, 2.24) is 4.90 Å². The monoisotopic (exact) mass is 293 g/mol. The number of nitrogens with zero attached hydrogens (tertiary/aromatic N) is 1. The number of fused-ring (bicyclic) bond motifs is 1. The van der Waals surface area contributed by atoms with E-state index in [1.807, 2.05) is 11.3 Å². The fraction of sp³-hybridized carbons (Fsp3) is 0.688. The Labute approximate surface area is 124 Å². The molecule has 0 bridgehead atoms. The Morgan fingerprint density at radius 3 is 2.80 bits per heavy atom. The summed E-state index contributed by atoms with van der Waals surface area (Å²) in [4.78, 5) is 16.5. The van der Waals surface area contributed by atoms with Crippen LogP contribution in [0.15, 0.2) is 6.07 Å². The highest BCUT2D eigenvalue weighted by Gasteiger charge is 2.45. The molecule has 1 N–H and O–H groups in total. The van der Waals surface area contributed by atoms with E-state index in [-0.39, 0.29) is 6.04 Å². The molecule has 1 saturated heterocycles. The predicted molar refractivity (Wildman–Crippen MR) is 81.1 cm³/mol. The summed E-state index contributed by atoms with van der Waals surface area (Å²) in [6.45, 7) is 5.09. The van der Waals surface area contributed by atoms with Crippen molar-refractivity contribution in [2.24, 2.45) is 5.92 Å². The molecule has 0 amide bonds. The van der Waals surface area contributed by atoms with E-state index in [0.29, 0.717) is 12.0 Å². The lowest BCUT2D eigenvalue weighted by Crippen LogP contribution is -2.41. The quantitative estimate of drug-likeness (QED) is 0.926. The molecule has 1 saturated carbocycles. The normalized spacial score (nSPS) is 30.4. The number of hydrogen-bond acceptors (Lipinski definition) is 3. The van der Waals surface area contributed by atoms with Gasteiger partial charge >= 0.3 is 5.97 Å². The Balaban J connectivity index is 1.84. The third kappa shape index (κ3) is 2.51. The fourth-order valence-electron chi connectivity index (χ4n) is 4.06. The number of thiophene rings is 1. The van der Waals surface area contributed by atoms with Crippen LogP contribution in [-0.2, 0) is 11.3 Å². The Bertz CT molecular complexity index is 511. The van der Waals surface area contributed by atoms with Crippen molar-refractivity contribution >= 4 is 17.3 Å². The smallest absolute Gasteiger partial charge is 0.320 e. The maximum absolute atomic E-state index is 11.6. The van der Waals surface area contributed by atoms with Gasteiger partial charge in [0.15, 0.2) is 0 Å². The minimum atomic E-state index is -0.635. The number of hydrogen-bond donors (Lipinski definition) is 1.